The van der Waals surface area contributed by atoms with Crippen LogP contribution >= 0.6 is 0 Å². The molecule has 3 aromatic rings. The van der Waals surface area contributed by atoms with Crippen molar-refractivity contribution in [2.45, 2.75) is 32.6 Å². The SMILES string of the molecule is CC(C)Oc1ccc(CNC(=O)CN2C(=O)[C@H](c3ccccc3)Oc3cccnc32)cc1. The quantitative estimate of drug-likeness (QED) is 0.618. The molecule has 4 rings (SSSR count). The highest BCUT2D eigenvalue weighted by Crippen LogP contribution is 2.36. The largest absolute Gasteiger partial charge is 0.491 e. The number of hydrogen-bond donors (Lipinski definition) is 1. The number of anilines is 1. The van der Waals surface area contributed by atoms with Crippen molar-refractivity contribution in [1.82, 2.24) is 10.3 Å². The molecule has 1 atom stereocenters. The van der Waals surface area contributed by atoms with Crippen LogP contribution in [0.25, 0.3) is 0 Å². The molecule has 2 amide bonds. The van der Waals surface area contributed by atoms with E-state index in [-0.39, 0.29) is 24.5 Å². The van der Waals surface area contributed by atoms with Gasteiger partial charge in [0, 0.05) is 18.3 Å². The first-order valence-electron chi connectivity index (χ1n) is 10.5. The van der Waals surface area contributed by atoms with Crippen LogP contribution < -0.4 is 19.7 Å². The lowest BCUT2D eigenvalue weighted by molar-refractivity contribution is -0.129. The monoisotopic (exact) mass is 431 g/mol. The summed E-state index contributed by atoms with van der Waals surface area (Å²) in [5.41, 5.74) is 1.66. The summed E-state index contributed by atoms with van der Waals surface area (Å²) in [7, 11) is 0. The smallest absolute Gasteiger partial charge is 0.274 e. The highest BCUT2D eigenvalue weighted by molar-refractivity contribution is 6.03. The molecule has 0 bridgehead atoms. The molecular formula is C25H25N3O4. The number of carbonyl (C=O) groups excluding carboxylic acids is 2. The molecule has 1 N–H and O–H groups in total. The van der Waals surface area contributed by atoms with E-state index >= 15 is 0 Å². The Morgan fingerprint density at radius 1 is 1.09 bits per heavy atom. The second kappa shape index (κ2) is 9.51. The number of rotatable bonds is 7. The van der Waals surface area contributed by atoms with E-state index < -0.39 is 6.10 Å². The molecule has 1 aliphatic rings. The summed E-state index contributed by atoms with van der Waals surface area (Å²) in [5, 5.41) is 2.87. The van der Waals surface area contributed by atoms with Gasteiger partial charge < -0.3 is 14.8 Å². The van der Waals surface area contributed by atoms with Crippen LogP contribution in [-0.2, 0) is 16.1 Å². The number of nitrogens with one attached hydrogen (secondary N) is 1. The van der Waals surface area contributed by atoms with Crippen LogP contribution in [0.2, 0.25) is 0 Å². The van der Waals surface area contributed by atoms with Crippen LogP contribution in [0.1, 0.15) is 31.1 Å². The predicted octanol–water partition coefficient (Wildman–Crippen LogP) is 3.65. The van der Waals surface area contributed by atoms with Gasteiger partial charge in [0.15, 0.2) is 11.6 Å². The highest BCUT2D eigenvalue weighted by atomic mass is 16.5. The number of pyridine rings is 1. The van der Waals surface area contributed by atoms with Crippen molar-refractivity contribution in [2.24, 2.45) is 0 Å². The van der Waals surface area contributed by atoms with Crippen LogP contribution in [-0.4, -0.2) is 29.4 Å². The van der Waals surface area contributed by atoms with Gasteiger partial charge in [0.25, 0.3) is 5.91 Å². The van der Waals surface area contributed by atoms with Gasteiger partial charge in [-0.05, 0) is 43.7 Å². The number of amides is 2. The zero-order valence-corrected chi connectivity index (χ0v) is 18.0. The first kappa shape index (κ1) is 21.4. The molecule has 1 aliphatic heterocycles. The summed E-state index contributed by atoms with van der Waals surface area (Å²) in [6.45, 7) is 4.13. The zero-order chi connectivity index (χ0) is 22.5. The second-order valence-electron chi connectivity index (χ2n) is 7.75. The Morgan fingerprint density at radius 3 is 2.56 bits per heavy atom. The van der Waals surface area contributed by atoms with Crippen molar-refractivity contribution in [2.75, 3.05) is 11.4 Å². The summed E-state index contributed by atoms with van der Waals surface area (Å²) < 4.78 is 11.5. The van der Waals surface area contributed by atoms with Crippen molar-refractivity contribution < 1.29 is 19.1 Å². The van der Waals surface area contributed by atoms with Gasteiger partial charge in [0.05, 0.1) is 6.10 Å². The van der Waals surface area contributed by atoms with E-state index in [9.17, 15) is 9.59 Å². The first-order chi connectivity index (χ1) is 15.5. The fraction of sp³-hybridized carbons (Fsp3) is 0.240. The van der Waals surface area contributed by atoms with Crippen molar-refractivity contribution in [3.05, 3.63) is 84.1 Å². The molecular weight excluding hydrogens is 406 g/mol. The van der Waals surface area contributed by atoms with Gasteiger partial charge in [-0.15, -0.1) is 0 Å². The molecule has 2 aromatic carbocycles. The number of fused-ring (bicyclic) bond motifs is 1. The molecule has 7 nitrogen and oxygen atoms in total. The van der Waals surface area contributed by atoms with Gasteiger partial charge in [0.2, 0.25) is 12.0 Å². The summed E-state index contributed by atoms with van der Waals surface area (Å²) in [4.78, 5) is 31.5. The third-order valence-electron chi connectivity index (χ3n) is 4.93. The minimum Gasteiger partial charge on any atom is -0.491 e. The molecule has 32 heavy (non-hydrogen) atoms. The maximum Gasteiger partial charge on any atom is 0.274 e. The number of aromatic nitrogens is 1. The minimum atomic E-state index is -0.825. The molecule has 0 aliphatic carbocycles. The van der Waals surface area contributed by atoms with Gasteiger partial charge in [-0.2, -0.15) is 0 Å². The molecule has 164 valence electrons. The van der Waals surface area contributed by atoms with E-state index in [1.54, 1.807) is 18.3 Å². The van der Waals surface area contributed by atoms with Crippen molar-refractivity contribution in [3.63, 3.8) is 0 Å². The summed E-state index contributed by atoms with van der Waals surface area (Å²) in [6.07, 6.45) is 0.848. The molecule has 0 unspecified atom stereocenters. The first-order valence-corrected chi connectivity index (χ1v) is 10.5. The number of benzene rings is 2. The van der Waals surface area contributed by atoms with Gasteiger partial charge >= 0.3 is 0 Å². The van der Waals surface area contributed by atoms with Gasteiger partial charge in [-0.3, -0.25) is 14.5 Å². The zero-order valence-electron chi connectivity index (χ0n) is 18.0. The lowest BCUT2D eigenvalue weighted by Crippen LogP contribution is -2.46. The van der Waals surface area contributed by atoms with Crippen LogP contribution in [0.3, 0.4) is 0 Å². The fourth-order valence-corrected chi connectivity index (χ4v) is 3.45. The average molecular weight is 431 g/mol. The Balaban J connectivity index is 1.45. The number of carbonyl (C=O) groups is 2. The predicted molar refractivity (Wildman–Crippen MR) is 120 cm³/mol. The Morgan fingerprint density at radius 2 is 1.84 bits per heavy atom. The summed E-state index contributed by atoms with van der Waals surface area (Å²) >= 11 is 0. The number of hydrogen-bond acceptors (Lipinski definition) is 5. The molecule has 7 heteroatoms. The molecule has 0 saturated heterocycles. The molecule has 0 spiro atoms. The topological polar surface area (TPSA) is 80.8 Å². The third-order valence-corrected chi connectivity index (χ3v) is 4.93. The number of ether oxygens (including phenoxy) is 2. The fourth-order valence-electron chi connectivity index (χ4n) is 3.45. The Bertz CT molecular complexity index is 1080. The van der Waals surface area contributed by atoms with E-state index in [0.29, 0.717) is 18.1 Å². The molecule has 1 aromatic heterocycles. The third kappa shape index (κ3) is 4.88. The van der Waals surface area contributed by atoms with Crippen LogP contribution in [0, 0.1) is 0 Å². The van der Waals surface area contributed by atoms with E-state index in [4.69, 9.17) is 9.47 Å². The Kier molecular flexibility index (Phi) is 6.35. The maximum absolute atomic E-state index is 13.2. The Labute approximate surface area is 187 Å². The normalized spacial score (nSPS) is 15.2. The molecule has 0 radical (unpaired) electrons. The minimum absolute atomic E-state index is 0.0998. The van der Waals surface area contributed by atoms with E-state index in [2.05, 4.69) is 10.3 Å². The molecule has 0 fully saturated rings. The maximum atomic E-state index is 13.2. The molecule has 0 saturated carbocycles. The van der Waals surface area contributed by atoms with Gasteiger partial charge in [-0.1, -0.05) is 42.5 Å². The van der Waals surface area contributed by atoms with E-state index in [1.807, 2.05) is 68.4 Å². The standard InChI is InChI=1S/C25H25N3O4/c1-17(2)31-20-12-10-18(11-13-20)15-27-22(29)16-28-24-21(9-6-14-26-24)32-23(25(28)30)19-7-4-3-5-8-19/h3-14,17,23H,15-16H2,1-2H3,(H,27,29)/t23-/m0/s1. The summed E-state index contributed by atoms with van der Waals surface area (Å²) in [5.74, 6) is 0.979. The second-order valence-corrected chi connectivity index (χ2v) is 7.75. The van der Waals surface area contributed by atoms with Crippen molar-refractivity contribution >= 4 is 17.6 Å². The van der Waals surface area contributed by atoms with E-state index in [1.165, 1.54) is 4.90 Å². The van der Waals surface area contributed by atoms with Gasteiger partial charge in [-0.25, -0.2) is 4.98 Å². The van der Waals surface area contributed by atoms with Gasteiger partial charge in [0.1, 0.15) is 12.3 Å². The van der Waals surface area contributed by atoms with Crippen molar-refractivity contribution in [3.8, 4) is 11.5 Å². The lowest BCUT2D eigenvalue weighted by Gasteiger charge is -2.33. The van der Waals surface area contributed by atoms with Crippen LogP contribution in [0.5, 0.6) is 11.5 Å². The van der Waals surface area contributed by atoms with Crippen molar-refractivity contribution in [1.29, 1.82) is 0 Å². The Hall–Kier alpha value is -3.87. The summed E-state index contributed by atoms with van der Waals surface area (Å²) in [6, 6.07) is 20.3. The number of nitrogens with zero attached hydrogens (tertiary/aromatic N) is 2. The molecule has 2 heterocycles. The highest BCUT2D eigenvalue weighted by Gasteiger charge is 2.37. The lowest BCUT2D eigenvalue weighted by atomic mass is 10.1. The van der Waals surface area contributed by atoms with Crippen LogP contribution in [0.4, 0.5) is 5.82 Å². The van der Waals surface area contributed by atoms with E-state index in [0.717, 1.165) is 16.9 Å². The van der Waals surface area contributed by atoms with Crippen LogP contribution in [0.15, 0.2) is 72.9 Å². The average Bonchev–Trinajstić information content (AvgIpc) is 2.80.